The van der Waals surface area contributed by atoms with Gasteiger partial charge in [-0.1, -0.05) is 24.3 Å². The van der Waals surface area contributed by atoms with Crippen LogP contribution in [0.4, 0.5) is 5.95 Å². The molecule has 3 rings (SSSR count). The minimum Gasteiger partial charge on any atom is -0.491 e. The van der Waals surface area contributed by atoms with Crippen LogP contribution in [0.5, 0.6) is 5.75 Å². The number of anilines is 1. The van der Waals surface area contributed by atoms with Crippen molar-refractivity contribution in [3.05, 3.63) is 54.1 Å². The van der Waals surface area contributed by atoms with Gasteiger partial charge in [0.25, 0.3) is 0 Å². The van der Waals surface area contributed by atoms with E-state index in [1.807, 2.05) is 42.5 Å². The molecule has 0 fully saturated rings. The Bertz CT molecular complexity index is 706. The third kappa shape index (κ3) is 3.56. The van der Waals surface area contributed by atoms with Gasteiger partial charge in [0, 0.05) is 13.7 Å². The van der Waals surface area contributed by atoms with Crippen molar-refractivity contribution in [2.75, 3.05) is 25.6 Å². The maximum Gasteiger partial charge on any atom is 0.201 e. The highest BCUT2D eigenvalue weighted by Gasteiger charge is 2.02. The van der Waals surface area contributed by atoms with E-state index in [1.165, 1.54) is 0 Å². The quantitative estimate of drug-likeness (QED) is 0.658. The van der Waals surface area contributed by atoms with E-state index in [4.69, 9.17) is 9.47 Å². The fourth-order valence-electron chi connectivity index (χ4n) is 2.21. The minimum atomic E-state index is 0.553. The van der Waals surface area contributed by atoms with Crippen LogP contribution in [-0.4, -0.2) is 30.3 Å². The average molecular weight is 297 g/mol. The number of hydrogen-bond donors (Lipinski definition) is 2. The molecule has 22 heavy (non-hydrogen) atoms. The Kier molecular flexibility index (Phi) is 4.56. The molecule has 0 aliphatic rings. The Morgan fingerprint density at radius 1 is 1.09 bits per heavy atom. The number of aromatic amines is 1. The number of para-hydroxylation sites is 2. The number of ether oxygens (including phenoxy) is 2. The summed E-state index contributed by atoms with van der Waals surface area (Å²) in [5.74, 6) is 1.62. The number of hydrogen-bond acceptors (Lipinski definition) is 4. The smallest absolute Gasteiger partial charge is 0.201 e. The van der Waals surface area contributed by atoms with Crippen LogP contribution in [0.15, 0.2) is 48.5 Å². The first-order valence-corrected chi connectivity index (χ1v) is 7.24. The van der Waals surface area contributed by atoms with E-state index in [1.54, 1.807) is 7.11 Å². The van der Waals surface area contributed by atoms with E-state index in [9.17, 15) is 0 Å². The lowest BCUT2D eigenvalue weighted by Crippen LogP contribution is -2.05. The molecule has 5 nitrogen and oxygen atoms in total. The number of methoxy groups -OCH3 is 1. The molecule has 3 aromatic rings. The number of nitrogens with one attached hydrogen (secondary N) is 2. The van der Waals surface area contributed by atoms with E-state index in [-0.39, 0.29) is 0 Å². The number of benzene rings is 2. The monoisotopic (exact) mass is 297 g/mol. The first-order valence-electron chi connectivity index (χ1n) is 7.24. The van der Waals surface area contributed by atoms with Gasteiger partial charge in [0.2, 0.25) is 5.95 Å². The van der Waals surface area contributed by atoms with Crippen LogP contribution >= 0.6 is 0 Å². The highest BCUT2D eigenvalue weighted by Crippen LogP contribution is 2.16. The molecule has 1 heterocycles. The topological polar surface area (TPSA) is 59.2 Å². The molecule has 1 aromatic heterocycles. The molecule has 0 spiro atoms. The van der Waals surface area contributed by atoms with Gasteiger partial charge in [-0.3, -0.25) is 0 Å². The Hall–Kier alpha value is -2.53. The van der Waals surface area contributed by atoms with Crippen molar-refractivity contribution in [1.82, 2.24) is 9.97 Å². The zero-order valence-corrected chi connectivity index (χ0v) is 12.5. The molecule has 5 heteroatoms. The number of nitrogens with zero attached hydrogens (tertiary/aromatic N) is 1. The van der Waals surface area contributed by atoms with Crippen molar-refractivity contribution in [2.24, 2.45) is 0 Å². The lowest BCUT2D eigenvalue weighted by Gasteiger charge is -2.08. The number of fused-ring (bicyclic) bond motifs is 1. The van der Waals surface area contributed by atoms with Crippen LogP contribution < -0.4 is 10.1 Å². The summed E-state index contributed by atoms with van der Waals surface area (Å²) in [6.45, 7) is 1.82. The molecule has 0 amide bonds. The van der Waals surface area contributed by atoms with Gasteiger partial charge >= 0.3 is 0 Å². The summed E-state index contributed by atoms with van der Waals surface area (Å²) in [5.41, 5.74) is 3.12. The zero-order valence-electron chi connectivity index (χ0n) is 12.5. The Morgan fingerprint density at radius 3 is 2.86 bits per heavy atom. The van der Waals surface area contributed by atoms with Crippen LogP contribution in [0.2, 0.25) is 0 Å². The molecule has 0 saturated heterocycles. The normalized spacial score (nSPS) is 10.8. The lowest BCUT2D eigenvalue weighted by molar-refractivity contribution is 0.146. The largest absolute Gasteiger partial charge is 0.491 e. The lowest BCUT2D eigenvalue weighted by atomic mass is 10.2. The van der Waals surface area contributed by atoms with Gasteiger partial charge in [0.1, 0.15) is 12.4 Å². The van der Waals surface area contributed by atoms with Crippen molar-refractivity contribution in [3.63, 3.8) is 0 Å². The van der Waals surface area contributed by atoms with Crippen molar-refractivity contribution >= 4 is 17.0 Å². The van der Waals surface area contributed by atoms with E-state index in [0.29, 0.717) is 19.8 Å². The van der Waals surface area contributed by atoms with Crippen molar-refractivity contribution in [3.8, 4) is 5.75 Å². The van der Waals surface area contributed by atoms with Gasteiger partial charge in [-0.15, -0.1) is 0 Å². The second-order valence-corrected chi connectivity index (χ2v) is 4.94. The molecule has 114 valence electrons. The molecule has 2 aromatic carbocycles. The van der Waals surface area contributed by atoms with E-state index < -0.39 is 0 Å². The molecule has 2 N–H and O–H groups in total. The van der Waals surface area contributed by atoms with E-state index in [2.05, 4.69) is 21.4 Å². The highest BCUT2D eigenvalue weighted by atomic mass is 16.5. The van der Waals surface area contributed by atoms with Crippen molar-refractivity contribution in [2.45, 2.75) is 6.54 Å². The number of imidazole rings is 1. The van der Waals surface area contributed by atoms with Gasteiger partial charge in [-0.2, -0.15) is 0 Å². The van der Waals surface area contributed by atoms with Crippen LogP contribution in [0, 0.1) is 0 Å². The summed E-state index contributed by atoms with van der Waals surface area (Å²) in [4.78, 5) is 7.75. The maximum absolute atomic E-state index is 5.61. The predicted molar refractivity (Wildman–Crippen MR) is 87.2 cm³/mol. The molecule has 0 bridgehead atoms. The Morgan fingerprint density at radius 2 is 2.00 bits per heavy atom. The number of H-pyrrole nitrogens is 1. The third-order valence-corrected chi connectivity index (χ3v) is 3.30. The summed E-state index contributed by atoms with van der Waals surface area (Å²) in [6.07, 6.45) is 0. The summed E-state index contributed by atoms with van der Waals surface area (Å²) in [5, 5.41) is 3.30. The molecule has 0 unspecified atom stereocenters. The number of aromatic nitrogens is 2. The summed E-state index contributed by atoms with van der Waals surface area (Å²) >= 11 is 0. The van der Waals surface area contributed by atoms with Gasteiger partial charge in [0.05, 0.1) is 17.6 Å². The zero-order chi connectivity index (χ0) is 15.2. The molecule has 0 aliphatic carbocycles. The van der Waals surface area contributed by atoms with Crippen molar-refractivity contribution < 1.29 is 9.47 Å². The fourth-order valence-corrected chi connectivity index (χ4v) is 2.21. The average Bonchev–Trinajstić information content (AvgIpc) is 2.97. The molecular weight excluding hydrogens is 278 g/mol. The fraction of sp³-hybridized carbons (Fsp3) is 0.235. The van der Waals surface area contributed by atoms with Crippen LogP contribution in [0.1, 0.15) is 5.56 Å². The first-order chi connectivity index (χ1) is 10.8. The van der Waals surface area contributed by atoms with Gasteiger partial charge in [-0.05, 0) is 29.8 Å². The highest BCUT2D eigenvalue weighted by molar-refractivity contribution is 5.77. The first kappa shape index (κ1) is 14.4. The minimum absolute atomic E-state index is 0.553. The van der Waals surface area contributed by atoms with Crippen LogP contribution in [-0.2, 0) is 11.3 Å². The maximum atomic E-state index is 5.61. The second-order valence-electron chi connectivity index (χ2n) is 4.94. The van der Waals surface area contributed by atoms with E-state index in [0.717, 1.165) is 28.3 Å². The Balaban J connectivity index is 1.62. The Labute approximate surface area is 129 Å². The SMILES string of the molecule is COCCOc1cccc(CNc2nc3ccccc3[nH]2)c1. The second kappa shape index (κ2) is 6.95. The summed E-state index contributed by atoms with van der Waals surface area (Å²) in [7, 11) is 1.66. The standard InChI is InChI=1S/C17H19N3O2/c1-21-9-10-22-14-6-4-5-13(11-14)12-18-17-19-15-7-2-3-8-16(15)20-17/h2-8,11H,9-10,12H2,1H3,(H2,18,19,20). The van der Waals surface area contributed by atoms with Gasteiger partial charge in [0.15, 0.2) is 0 Å². The molecule has 0 atom stereocenters. The van der Waals surface area contributed by atoms with Crippen molar-refractivity contribution in [1.29, 1.82) is 0 Å². The van der Waals surface area contributed by atoms with E-state index >= 15 is 0 Å². The molecule has 0 aliphatic heterocycles. The van der Waals surface area contributed by atoms with Crippen LogP contribution in [0.3, 0.4) is 0 Å². The summed E-state index contributed by atoms with van der Waals surface area (Å²) in [6, 6.07) is 16.0. The molecule has 0 radical (unpaired) electrons. The van der Waals surface area contributed by atoms with Gasteiger partial charge < -0.3 is 19.8 Å². The third-order valence-electron chi connectivity index (χ3n) is 3.30. The van der Waals surface area contributed by atoms with Gasteiger partial charge in [-0.25, -0.2) is 4.98 Å². The molecule has 0 saturated carbocycles. The predicted octanol–water partition coefficient (Wildman–Crippen LogP) is 3.20. The number of rotatable bonds is 7. The molecular formula is C17H19N3O2. The van der Waals surface area contributed by atoms with Crippen LogP contribution in [0.25, 0.3) is 11.0 Å². The summed E-state index contributed by atoms with van der Waals surface area (Å²) < 4.78 is 10.6.